The zero-order valence-electron chi connectivity index (χ0n) is 8.95. The summed E-state index contributed by atoms with van der Waals surface area (Å²) in [5.41, 5.74) is 0. The van der Waals surface area contributed by atoms with E-state index in [1.54, 1.807) is 0 Å². The lowest BCUT2D eigenvalue weighted by Gasteiger charge is -2.34. The van der Waals surface area contributed by atoms with Gasteiger partial charge in [-0.2, -0.15) is 0 Å². The van der Waals surface area contributed by atoms with E-state index in [1.807, 2.05) is 16.3 Å². The van der Waals surface area contributed by atoms with Gasteiger partial charge in [0.2, 0.25) is 0 Å². The smallest absolute Gasteiger partial charge is 0.265 e. The summed E-state index contributed by atoms with van der Waals surface area (Å²) >= 11 is 8.55. The Labute approximate surface area is 116 Å². The van der Waals surface area contributed by atoms with Crippen LogP contribution < -0.4 is 0 Å². The van der Waals surface area contributed by atoms with Crippen LogP contribution in [0.15, 0.2) is 15.9 Å². The van der Waals surface area contributed by atoms with Crippen molar-refractivity contribution in [1.29, 1.82) is 0 Å². The highest BCUT2D eigenvalue weighted by Gasteiger charge is 2.28. The number of halogens is 2. The van der Waals surface area contributed by atoms with Crippen molar-refractivity contribution in [2.24, 2.45) is 5.92 Å². The minimum atomic E-state index is 0.151. The van der Waals surface area contributed by atoms with E-state index in [9.17, 15) is 4.79 Å². The molecule has 1 aromatic heterocycles. The molecule has 2 unspecified atom stereocenters. The maximum absolute atomic E-state index is 12.2. The number of carbonyl (C=O) groups is 1. The van der Waals surface area contributed by atoms with Gasteiger partial charge >= 0.3 is 0 Å². The number of nitrogens with zero attached hydrogens (tertiary/aromatic N) is 1. The molecule has 1 aliphatic heterocycles. The van der Waals surface area contributed by atoms with Gasteiger partial charge in [-0.1, -0.05) is 22.9 Å². The quantitative estimate of drug-likeness (QED) is 0.693. The van der Waals surface area contributed by atoms with E-state index < -0.39 is 0 Å². The molecule has 2 atom stereocenters. The van der Waals surface area contributed by atoms with Gasteiger partial charge in [-0.15, -0.1) is 11.3 Å². The first-order valence-corrected chi connectivity index (χ1v) is 7.84. The van der Waals surface area contributed by atoms with Gasteiger partial charge in [0.25, 0.3) is 5.91 Å². The number of amides is 1. The SMILES string of the molecule is CC1CCN(C(=O)c2sccc2Br)CC1Br. The number of rotatable bonds is 1. The van der Waals surface area contributed by atoms with E-state index in [0.29, 0.717) is 10.7 Å². The molecule has 0 aliphatic carbocycles. The van der Waals surface area contributed by atoms with E-state index >= 15 is 0 Å². The second-order valence-corrected chi connectivity index (χ2v) is 7.08. The molecule has 2 heterocycles. The van der Waals surface area contributed by atoms with Crippen molar-refractivity contribution in [2.75, 3.05) is 13.1 Å². The number of carbonyl (C=O) groups excluding carboxylic acids is 1. The molecule has 0 radical (unpaired) electrons. The highest BCUT2D eigenvalue weighted by molar-refractivity contribution is 9.10. The van der Waals surface area contributed by atoms with Crippen molar-refractivity contribution in [3.05, 3.63) is 20.8 Å². The Bertz CT molecular complexity index is 393. The molecule has 2 rings (SSSR count). The fourth-order valence-electron chi connectivity index (χ4n) is 1.80. The monoisotopic (exact) mass is 365 g/mol. The summed E-state index contributed by atoms with van der Waals surface area (Å²) in [6.07, 6.45) is 1.07. The topological polar surface area (TPSA) is 20.3 Å². The largest absolute Gasteiger partial charge is 0.337 e. The summed E-state index contributed by atoms with van der Waals surface area (Å²) in [6.45, 7) is 3.90. The van der Waals surface area contributed by atoms with Gasteiger partial charge in [-0.05, 0) is 39.7 Å². The summed E-state index contributed by atoms with van der Waals surface area (Å²) in [7, 11) is 0. The van der Waals surface area contributed by atoms with Gasteiger partial charge < -0.3 is 4.90 Å². The molecule has 1 aromatic rings. The zero-order valence-corrected chi connectivity index (χ0v) is 12.9. The molecule has 88 valence electrons. The highest BCUT2D eigenvalue weighted by atomic mass is 79.9. The van der Waals surface area contributed by atoms with Gasteiger partial charge in [0.05, 0.1) is 0 Å². The molecular formula is C11H13Br2NOS. The number of thiophene rings is 1. The minimum absolute atomic E-state index is 0.151. The molecule has 0 bridgehead atoms. The van der Waals surface area contributed by atoms with Crippen LogP contribution in [-0.4, -0.2) is 28.7 Å². The minimum Gasteiger partial charge on any atom is -0.337 e. The number of likely N-dealkylation sites (tertiary alicyclic amines) is 1. The number of hydrogen-bond acceptors (Lipinski definition) is 2. The average Bonchev–Trinajstić information content (AvgIpc) is 2.67. The molecule has 1 fully saturated rings. The molecule has 0 N–H and O–H groups in total. The molecule has 2 nitrogen and oxygen atoms in total. The molecule has 1 aliphatic rings. The molecule has 1 amide bonds. The van der Waals surface area contributed by atoms with Crippen molar-refractivity contribution >= 4 is 49.1 Å². The summed E-state index contributed by atoms with van der Waals surface area (Å²) < 4.78 is 0.909. The molecule has 0 aromatic carbocycles. The van der Waals surface area contributed by atoms with Crippen molar-refractivity contribution in [2.45, 2.75) is 18.2 Å². The number of piperidine rings is 1. The maximum Gasteiger partial charge on any atom is 0.265 e. The van der Waals surface area contributed by atoms with Crippen LogP contribution in [-0.2, 0) is 0 Å². The Morgan fingerprint density at radius 1 is 1.62 bits per heavy atom. The van der Waals surface area contributed by atoms with Crippen LogP contribution in [0, 0.1) is 5.92 Å². The van der Waals surface area contributed by atoms with Crippen LogP contribution in [0.1, 0.15) is 23.0 Å². The Hall–Kier alpha value is 0.130. The van der Waals surface area contributed by atoms with Crippen LogP contribution in [0.3, 0.4) is 0 Å². The molecular weight excluding hydrogens is 354 g/mol. The second kappa shape index (κ2) is 5.19. The molecule has 5 heteroatoms. The third-order valence-electron chi connectivity index (χ3n) is 2.97. The van der Waals surface area contributed by atoms with E-state index in [4.69, 9.17) is 0 Å². The predicted molar refractivity (Wildman–Crippen MR) is 74.4 cm³/mol. The van der Waals surface area contributed by atoms with Crippen LogP contribution in [0.4, 0.5) is 0 Å². The number of alkyl halides is 1. The molecule has 0 saturated carbocycles. The Morgan fingerprint density at radius 3 is 2.94 bits per heavy atom. The molecule has 16 heavy (non-hydrogen) atoms. The zero-order chi connectivity index (χ0) is 11.7. The van der Waals surface area contributed by atoms with Crippen molar-refractivity contribution < 1.29 is 4.79 Å². The standard InChI is InChI=1S/C11H13Br2NOS/c1-7-2-4-14(6-9(7)13)11(15)10-8(12)3-5-16-10/h3,5,7,9H,2,4,6H2,1H3. The van der Waals surface area contributed by atoms with E-state index in [2.05, 4.69) is 38.8 Å². The third kappa shape index (κ3) is 2.51. The Kier molecular flexibility index (Phi) is 4.08. The maximum atomic E-state index is 12.2. The molecule has 0 spiro atoms. The van der Waals surface area contributed by atoms with Gasteiger partial charge in [-0.25, -0.2) is 0 Å². The van der Waals surface area contributed by atoms with Gasteiger partial charge in [0.1, 0.15) is 4.88 Å². The van der Waals surface area contributed by atoms with Crippen molar-refractivity contribution in [3.8, 4) is 0 Å². The lowest BCUT2D eigenvalue weighted by atomic mass is 9.99. The van der Waals surface area contributed by atoms with Crippen LogP contribution in [0.5, 0.6) is 0 Å². The van der Waals surface area contributed by atoms with Gasteiger partial charge in [-0.3, -0.25) is 4.79 Å². The predicted octanol–water partition coefficient (Wildman–Crippen LogP) is 3.76. The summed E-state index contributed by atoms with van der Waals surface area (Å²) in [5, 5.41) is 1.94. The lowest BCUT2D eigenvalue weighted by molar-refractivity contribution is 0.0710. The van der Waals surface area contributed by atoms with Gasteiger partial charge in [0, 0.05) is 22.4 Å². The lowest BCUT2D eigenvalue weighted by Crippen LogP contribution is -2.43. The van der Waals surface area contributed by atoms with Crippen molar-refractivity contribution in [1.82, 2.24) is 4.90 Å². The van der Waals surface area contributed by atoms with E-state index in [0.717, 1.165) is 28.9 Å². The van der Waals surface area contributed by atoms with E-state index in [1.165, 1.54) is 11.3 Å². The van der Waals surface area contributed by atoms with Crippen molar-refractivity contribution in [3.63, 3.8) is 0 Å². The summed E-state index contributed by atoms with van der Waals surface area (Å²) in [6, 6.07) is 1.93. The highest BCUT2D eigenvalue weighted by Crippen LogP contribution is 2.28. The first-order valence-electron chi connectivity index (χ1n) is 5.26. The summed E-state index contributed by atoms with van der Waals surface area (Å²) in [4.78, 5) is 15.4. The average molecular weight is 367 g/mol. The third-order valence-corrected chi connectivity index (χ3v) is 5.98. The fourth-order valence-corrected chi connectivity index (χ4v) is 3.92. The first-order chi connectivity index (χ1) is 7.59. The van der Waals surface area contributed by atoms with Gasteiger partial charge in [0.15, 0.2) is 0 Å². The summed E-state index contributed by atoms with van der Waals surface area (Å²) in [5.74, 6) is 0.800. The molecule has 1 saturated heterocycles. The Balaban J connectivity index is 2.09. The number of hydrogen-bond donors (Lipinski definition) is 0. The van der Waals surface area contributed by atoms with Crippen LogP contribution >= 0.6 is 43.2 Å². The normalized spacial score (nSPS) is 25.8. The van der Waals surface area contributed by atoms with Crippen LogP contribution in [0.25, 0.3) is 0 Å². The Morgan fingerprint density at radius 2 is 2.38 bits per heavy atom. The second-order valence-electron chi connectivity index (χ2n) is 4.13. The fraction of sp³-hybridized carbons (Fsp3) is 0.545. The van der Waals surface area contributed by atoms with Crippen LogP contribution in [0.2, 0.25) is 0 Å². The first kappa shape index (κ1) is 12.6. The van der Waals surface area contributed by atoms with E-state index in [-0.39, 0.29) is 5.91 Å².